The van der Waals surface area contributed by atoms with E-state index in [1.807, 2.05) is 16.9 Å². The summed E-state index contributed by atoms with van der Waals surface area (Å²) < 4.78 is 69.9. The highest BCUT2D eigenvalue weighted by Crippen LogP contribution is 2.36. The zero-order valence-corrected chi connectivity index (χ0v) is 35.4. The molecule has 0 unspecified atom stereocenters. The second kappa shape index (κ2) is 19.7. The van der Waals surface area contributed by atoms with Crippen molar-refractivity contribution < 1.29 is 27.0 Å². The zero-order valence-electron chi connectivity index (χ0n) is 33.0. The Morgan fingerprint density at radius 3 is 2.36 bits per heavy atom. The molecule has 0 bridgehead atoms. The Morgan fingerprint density at radius 2 is 1.58 bits per heavy atom. The Kier molecular flexibility index (Phi) is 14.2. The molecule has 0 radical (unpaired) electrons. The van der Waals surface area contributed by atoms with Gasteiger partial charge in [-0.15, -0.1) is 11.3 Å². The SMILES string of the molecule is CCn1c2ccc(CNCCn3cc(CNCCOCCNCc4cc(Br)ccc4OCc4ccc(F)c(C(F)(F)F)c4)cn3)cc2c2ccc(-c3cc(C)cs3)cc21. The van der Waals surface area contributed by atoms with E-state index in [1.165, 1.54) is 49.4 Å². The Hall–Kier alpha value is -4.57. The number of fused-ring (bicyclic) bond motifs is 3. The first kappa shape index (κ1) is 42.6. The molecule has 310 valence electrons. The third kappa shape index (κ3) is 11.0. The van der Waals surface area contributed by atoms with E-state index in [9.17, 15) is 17.6 Å². The standard InChI is InChI=1S/C45H47BrF4N6O2S/c1-3-56-41-10-5-31(19-38(41)37-8-6-34(22-42(37)56)44-18-30(2)29-59-44)23-51-12-15-55-27-33(25-54-55)24-52-13-16-57-17-14-53-26-35-21-36(46)7-11-43(35)58-28-32-4-9-40(47)39(20-32)45(48,49)50/h4-11,18-22,25,27,29,51-53H,3,12-17,23-24,26,28H2,1-2H3. The van der Waals surface area contributed by atoms with Crippen molar-refractivity contribution in [3.63, 3.8) is 0 Å². The number of ether oxygens (including phenoxy) is 2. The summed E-state index contributed by atoms with van der Waals surface area (Å²) in [6.07, 6.45) is -0.822. The van der Waals surface area contributed by atoms with E-state index >= 15 is 0 Å². The molecule has 0 saturated heterocycles. The first-order chi connectivity index (χ1) is 28.6. The molecule has 4 aromatic carbocycles. The van der Waals surface area contributed by atoms with Crippen LogP contribution in [-0.2, 0) is 50.2 Å². The molecule has 3 aromatic heterocycles. The fraction of sp³-hybridized carbons (Fsp3) is 0.311. The Morgan fingerprint density at radius 1 is 0.797 bits per heavy atom. The van der Waals surface area contributed by atoms with Crippen molar-refractivity contribution in [3.05, 3.63) is 140 Å². The van der Waals surface area contributed by atoms with Gasteiger partial charge in [-0.05, 0) is 96.1 Å². The lowest BCUT2D eigenvalue weighted by molar-refractivity contribution is -0.140. The van der Waals surface area contributed by atoms with Gasteiger partial charge in [-0.25, -0.2) is 4.39 Å². The molecule has 0 amide bonds. The first-order valence-corrected chi connectivity index (χ1v) is 21.3. The third-order valence-electron chi connectivity index (χ3n) is 10.0. The van der Waals surface area contributed by atoms with Crippen LogP contribution in [0, 0.1) is 12.7 Å². The summed E-state index contributed by atoms with van der Waals surface area (Å²) in [4.78, 5) is 1.30. The predicted molar refractivity (Wildman–Crippen MR) is 231 cm³/mol. The number of hydrogen-bond donors (Lipinski definition) is 3. The molecule has 0 fully saturated rings. The maximum atomic E-state index is 13.7. The molecule has 3 heterocycles. The van der Waals surface area contributed by atoms with E-state index in [4.69, 9.17) is 9.47 Å². The van der Waals surface area contributed by atoms with Crippen LogP contribution in [0.2, 0.25) is 0 Å². The molecule has 0 spiro atoms. The molecule has 7 rings (SSSR count). The molecule has 0 aliphatic rings. The minimum atomic E-state index is -4.78. The Labute approximate surface area is 353 Å². The summed E-state index contributed by atoms with van der Waals surface area (Å²) in [5, 5.41) is 19.6. The van der Waals surface area contributed by atoms with Crippen LogP contribution in [0.15, 0.2) is 101 Å². The Bertz CT molecular complexity index is 2500. The summed E-state index contributed by atoms with van der Waals surface area (Å²) in [5.41, 5.74) is 7.21. The summed E-state index contributed by atoms with van der Waals surface area (Å²) >= 11 is 5.26. The quantitative estimate of drug-likeness (QED) is 0.0523. The summed E-state index contributed by atoms with van der Waals surface area (Å²) in [7, 11) is 0. The molecule has 7 aromatic rings. The van der Waals surface area contributed by atoms with Gasteiger partial charge in [0.15, 0.2) is 0 Å². The molecule has 0 atom stereocenters. The van der Waals surface area contributed by atoms with E-state index in [0.717, 1.165) is 53.9 Å². The van der Waals surface area contributed by atoms with Crippen molar-refractivity contribution in [2.45, 2.75) is 59.4 Å². The second-order valence-electron chi connectivity index (χ2n) is 14.4. The minimum Gasteiger partial charge on any atom is -0.489 e. The number of aromatic nitrogens is 3. The van der Waals surface area contributed by atoms with Gasteiger partial charge in [0.1, 0.15) is 18.2 Å². The van der Waals surface area contributed by atoms with Gasteiger partial charge in [-0.2, -0.15) is 18.3 Å². The van der Waals surface area contributed by atoms with Crippen LogP contribution in [0.5, 0.6) is 5.75 Å². The highest BCUT2D eigenvalue weighted by atomic mass is 79.9. The van der Waals surface area contributed by atoms with Gasteiger partial charge in [0, 0.05) is 94.3 Å². The fourth-order valence-electron chi connectivity index (χ4n) is 7.09. The predicted octanol–water partition coefficient (Wildman–Crippen LogP) is 10.2. The lowest BCUT2D eigenvalue weighted by Crippen LogP contribution is -2.23. The van der Waals surface area contributed by atoms with Crippen LogP contribution < -0.4 is 20.7 Å². The average molecular weight is 892 g/mol. The van der Waals surface area contributed by atoms with Gasteiger partial charge in [0.05, 0.1) is 31.5 Å². The molecular formula is C45H47BrF4N6O2S. The van der Waals surface area contributed by atoms with Crippen molar-refractivity contribution in [2.24, 2.45) is 0 Å². The van der Waals surface area contributed by atoms with Gasteiger partial charge in [-0.3, -0.25) is 4.68 Å². The van der Waals surface area contributed by atoms with Crippen molar-refractivity contribution >= 4 is 49.1 Å². The van der Waals surface area contributed by atoms with Gasteiger partial charge in [0.2, 0.25) is 0 Å². The third-order valence-corrected chi connectivity index (χ3v) is 11.6. The first-order valence-electron chi connectivity index (χ1n) is 19.6. The second-order valence-corrected chi connectivity index (χ2v) is 16.2. The molecule has 8 nitrogen and oxygen atoms in total. The number of nitrogens with zero attached hydrogens (tertiary/aromatic N) is 3. The number of aryl methyl sites for hydroxylation is 2. The summed E-state index contributed by atoms with van der Waals surface area (Å²) in [6.45, 7) is 11.0. The molecular weight excluding hydrogens is 844 g/mol. The van der Waals surface area contributed by atoms with E-state index in [0.29, 0.717) is 45.1 Å². The number of alkyl halides is 3. The van der Waals surface area contributed by atoms with Gasteiger partial charge in [-0.1, -0.05) is 40.2 Å². The van der Waals surface area contributed by atoms with E-state index in [-0.39, 0.29) is 12.2 Å². The normalized spacial score (nSPS) is 12.0. The van der Waals surface area contributed by atoms with Crippen molar-refractivity contribution in [2.75, 3.05) is 32.8 Å². The summed E-state index contributed by atoms with van der Waals surface area (Å²) in [6, 6.07) is 24.2. The maximum Gasteiger partial charge on any atom is 0.419 e. The number of benzene rings is 4. The lowest BCUT2D eigenvalue weighted by Gasteiger charge is -2.14. The molecule has 0 aliphatic carbocycles. The summed E-state index contributed by atoms with van der Waals surface area (Å²) in [5.74, 6) is -0.787. The lowest BCUT2D eigenvalue weighted by atomic mass is 10.1. The minimum absolute atomic E-state index is 0.130. The average Bonchev–Trinajstić information content (AvgIpc) is 3.95. The van der Waals surface area contributed by atoms with Crippen molar-refractivity contribution in [3.8, 4) is 16.2 Å². The zero-order chi connectivity index (χ0) is 41.4. The van der Waals surface area contributed by atoms with Crippen LogP contribution in [0.25, 0.3) is 32.2 Å². The topological polar surface area (TPSA) is 77.3 Å². The van der Waals surface area contributed by atoms with Crippen LogP contribution in [0.1, 0.15) is 40.3 Å². The van der Waals surface area contributed by atoms with Gasteiger partial charge >= 0.3 is 6.18 Å². The number of hydrogen-bond acceptors (Lipinski definition) is 7. The van der Waals surface area contributed by atoms with Gasteiger partial charge in [0.25, 0.3) is 0 Å². The van der Waals surface area contributed by atoms with Crippen molar-refractivity contribution in [1.82, 2.24) is 30.3 Å². The number of thiophene rings is 1. The molecule has 0 saturated carbocycles. The van der Waals surface area contributed by atoms with Crippen LogP contribution in [0.4, 0.5) is 17.6 Å². The largest absolute Gasteiger partial charge is 0.489 e. The maximum absolute atomic E-state index is 13.7. The Balaban J connectivity index is 0.780. The van der Waals surface area contributed by atoms with Crippen LogP contribution in [-0.4, -0.2) is 47.2 Å². The number of rotatable bonds is 20. The molecule has 3 N–H and O–H groups in total. The highest BCUT2D eigenvalue weighted by molar-refractivity contribution is 9.10. The number of nitrogens with one attached hydrogen (secondary N) is 3. The monoisotopic (exact) mass is 890 g/mol. The molecule has 0 aliphatic heterocycles. The van der Waals surface area contributed by atoms with E-state index in [2.05, 4.69) is 109 Å². The van der Waals surface area contributed by atoms with Gasteiger partial charge < -0.3 is 30.0 Å². The molecule has 59 heavy (non-hydrogen) atoms. The highest BCUT2D eigenvalue weighted by Gasteiger charge is 2.34. The van der Waals surface area contributed by atoms with Crippen LogP contribution >= 0.6 is 27.3 Å². The number of halogens is 5. The van der Waals surface area contributed by atoms with Crippen LogP contribution in [0.3, 0.4) is 0 Å². The van der Waals surface area contributed by atoms with Crippen molar-refractivity contribution in [1.29, 1.82) is 0 Å². The fourth-order valence-corrected chi connectivity index (χ4v) is 8.40. The van der Waals surface area contributed by atoms with E-state index in [1.54, 1.807) is 23.5 Å². The smallest absolute Gasteiger partial charge is 0.419 e. The molecule has 14 heteroatoms. The van der Waals surface area contributed by atoms with E-state index < -0.39 is 17.6 Å².